The molecule has 6 aromatic carbocycles. The summed E-state index contributed by atoms with van der Waals surface area (Å²) in [6.45, 7) is 4.46. The highest BCUT2D eigenvalue weighted by Gasteiger charge is 2.48. The molecule has 3 heterocycles. The summed E-state index contributed by atoms with van der Waals surface area (Å²) in [4.78, 5) is 16.2. The second-order valence-corrected chi connectivity index (χ2v) is 19.9. The van der Waals surface area contributed by atoms with Gasteiger partial charge in [0.15, 0.2) is 12.0 Å². The van der Waals surface area contributed by atoms with Crippen LogP contribution in [0.4, 0.5) is 17.1 Å². The molecule has 0 saturated heterocycles. The normalized spacial score (nSPS) is 12.6. The standard InChI is InChI=1S/C60H57N3O4S2/c1-3-5-7-9-11-40-13-21-44(22-14-40)60(45-23-15-41(16-24-45)12-10-8-6-4-2)53-35-48(63(46-25-17-42(37-64)18-26-46)47-27-19-43(38-65)20-28-47)29-31-50(53)59-54(60)36-56(68-59)52-33-32-51(57-58(52)62-69-61-57)55-34-30-49(39-66)67-55/h13-36,39,64-65H,3-12,37-38H2,1-2H3. The van der Waals surface area contributed by atoms with Crippen LogP contribution in [0.2, 0.25) is 0 Å². The van der Waals surface area contributed by atoms with E-state index in [1.54, 1.807) is 17.4 Å². The summed E-state index contributed by atoms with van der Waals surface area (Å²) in [6.07, 6.45) is 12.6. The van der Waals surface area contributed by atoms with E-state index in [1.807, 2.05) is 36.4 Å². The summed E-state index contributed by atoms with van der Waals surface area (Å²) in [6, 6.07) is 52.1. The Bertz CT molecular complexity index is 3080. The molecule has 9 aromatic rings. The van der Waals surface area contributed by atoms with Gasteiger partial charge in [-0.25, -0.2) is 0 Å². The largest absolute Gasteiger partial charge is 0.453 e. The van der Waals surface area contributed by atoms with Crippen molar-refractivity contribution in [2.45, 2.75) is 96.7 Å². The molecule has 2 N–H and O–H groups in total. The van der Waals surface area contributed by atoms with E-state index in [9.17, 15) is 15.0 Å². The number of thiophene rings is 1. The van der Waals surface area contributed by atoms with Crippen LogP contribution >= 0.6 is 23.1 Å². The number of rotatable bonds is 20. The number of aromatic nitrogens is 2. The lowest BCUT2D eigenvalue weighted by molar-refractivity contribution is 0.110. The Hall–Kier alpha value is -6.49. The molecule has 0 aliphatic heterocycles. The van der Waals surface area contributed by atoms with Gasteiger partial charge in [0.1, 0.15) is 16.8 Å². The second-order valence-electron chi connectivity index (χ2n) is 18.3. The van der Waals surface area contributed by atoms with Crippen molar-refractivity contribution in [1.29, 1.82) is 0 Å². The van der Waals surface area contributed by atoms with Gasteiger partial charge in [-0.15, -0.1) is 11.3 Å². The highest BCUT2D eigenvalue weighted by Crippen LogP contribution is 2.61. The Kier molecular flexibility index (Phi) is 13.8. The number of furan rings is 1. The van der Waals surface area contributed by atoms with Crippen molar-refractivity contribution in [2.24, 2.45) is 0 Å². The molecular formula is C60H57N3O4S2. The van der Waals surface area contributed by atoms with Crippen molar-refractivity contribution in [1.82, 2.24) is 8.75 Å². The van der Waals surface area contributed by atoms with Gasteiger partial charge in [-0.2, -0.15) is 8.75 Å². The monoisotopic (exact) mass is 947 g/mol. The lowest BCUT2D eigenvalue weighted by Crippen LogP contribution is -2.28. The number of aliphatic hydroxyl groups excluding tert-OH is 2. The van der Waals surface area contributed by atoms with Crippen molar-refractivity contribution >= 4 is 57.4 Å². The van der Waals surface area contributed by atoms with E-state index < -0.39 is 5.41 Å². The quantitative estimate of drug-likeness (QED) is 0.0580. The smallest absolute Gasteiger partial charge is 0.185 e. The van der Waals surface area contributed by atoms with Crippen LogP contribution in [0.1, 0.15) is 120 Å². The first-order valence-electron chi connectivity index (χ1n) is 24.5. The van der Waals surface area contributed by atoms with Gasteiger partial charge >= 0.3 is 0 Å². The third kappa shape index (κ3) is 8.89. The minimum Gasteiger partial charge on any atom is -0.453 e. The fraction of sp³-hybridized carbons (Fsp3) is 0.250. The third-order valence-corrected chi connectivity index (χ3v) is 15.6. The van der Waals surface area contributed by atoms with Crippen LogP contribution in [0.3, 0.4) is 0 Å². The van der Waals surface area contributed by atoms with Gasteiger partial charge in [-0.05, 0) is 136 Å². The van der Waals surface area contributed by atoms with Crippen molar-refractivity contribution in [2.75, 3.05) is 4.90 Å². The van der Waals surface area contributed by atoms with Crippen LogP contribution in [0.15, 0.2) is 150 Å². The van der Waals surface area contributed by atoms with E-state index in [0.29, 0.717) is 5.76 Å². The average molecular weight is 948 g/mol. The number of anilines is 3. The Morgan fingerprint density at radius 2 is 1.07 bits per heavy atom. The number of hydrogen-bond donors (Lipinski definition) is 2. The van der Waals surface area contributed by atoms with Gasteiger partial charge < -0.3 is 19.5 Å². The Labute approximate surface area is 413 Å². The van der Waals surface area contributed by atoms with Crippen molar-refractivity contribution < 1.29 is 19.4 Å². The summed E-state index contributed by atoms with van der Waals surface area (Å²) >= 11 is 2.98. The van der Waals surface area contributed by atoms with Gasteiger partial charge in [0, 0.05) is 37.9 Å². The SMILES string of the molecule is CCCCCCc1ccc(C2(c3ccc(CCCCCC)cc3)c3cc(N(c4ccc(CO)cc4)c4ccc(CO)cc4)ccc3-c3sc(-c4ccc(-c5ccc(C=O)o5)c5nsnc45)cc32)cc1. The maximum absolute atomic E-state index is 11.6. The summed E-state index contributed by atoms with van der Waals surface area (Å²) in [7, 11) is 0. The zero-order valence-corrected chi connectivity index (χ0v) is 40.9. The van der Waals surface area contributed by atoms with E-state index in [4.69, 9.17) is 13.2 Å². The zero-order valence-electron chi connectivity index (χ0n) is 39.3. The summed E-state index contributed by atoms with van der Waals surface area (Å²) in [5.41, 5.74) is 16.0. The number of unbranched alkanes of at least 4 members (excludes halogenated alkanes) is 6. The number of carbonyl (C=O) groups excluding carboxylic acids is 1. The summed E-state index contributed by atoms with van der Waals surface area (Å²) < 4.78 is 15.5. The molecule has 0 radical (unpaired) electrons. The number of nitrogens with zero attached hydrogens (tertiary/aromatic N) is 3. The van der Waals surface area contributed by atoms with E-state index >= 15 is 0 Å². The molecule has 10 rings (SSSR count). The average Bonchev–Trinajstić information content (AvgIpc) is 4.23. The summed E-state index contributed by atoms with van der Waals surface area (Å²) in [5, 5.41) is 20.0. The molecule has 3 aromatic heterocycles. The van der Waals surface area contributed by atoms with Gasteiger partial charge in [0.2, 0.25) is 0 Å². The number of benzene rings is 6. The van der Waals surface area contributed by atoms with Gasteiger partial charge in [-0.3, -0.25) is 4.79 Å². The molecule has 0 saturated carbocycles. The van der Waals surface area contributed by atoms with Crippen LogP contribution in [0, 0.1) is 0 Å². The maximum atomic E-state index is 11.6. The molecule has 0 atom stereocenters. The van der Waals surface area contributed by atoms with Crippen LogP contribution in [-0.4, -0.2) is 25.2 Å². The van der Waals surface area contributed by atoms with Gasteiger partial charge in [0.05, 0.1) is 30.4 Å². The predicted molar refractivity (Wildman–Crippen MR) is 283 cm³/mol. The number of aryl methyl sites for hydroxylation is 2. The van der Waals surface area contributed by atoms with Gasteiger partial charge in [-0.1, -0.05) is 137 Å². The van der Waals surface area contributed by atoms with Crippen molar-refractivity contribution in [3.63, 3.8) is 0 Å². The predicted octanol–water partition coefficient (Wildman–Crippen LogP) is 15.6. The molecule has 9 heteroatoms. The summed E-state index contributed by atoms with van der Waals surface area (Å²) in [5.74, 6) is 0.860. The molecule has 0 spiro atoms. The highest BCUT2D eigenvalue weighted by molar-refractivity contribution is 7.19. The van der Waals surface area contributed by atoms with Crippen LogP contribution in [0.5, 0.6) is 0 Å². The third-order valence-electron chi connectivity index (χ3n) is 13.9. The number of carbonyl (C=O) groups is 1. The van der Waals surface area contributed by atoms with E-state index in [0.717, 1.165) is 74.4 Å². The van der Waals surface area contributed by atoms with Crippen LogP contribution < -0.4 is 4.90 Å². The zero-order chi connectivity index (χ0) is 47.3. The highest BCUT2D eigenvalue weighted by atomic mass is 32.1. The minimum absolute atomic E-state index is 0.0346. The fourth-order valence-corrected chi connectivity index (χ4v) is 12.1. The number of aldehydes is 1. The first kappa shape index (κ1) is 46.2. The number of fused-ring (bicyclic) bond motifs is 4. The molecule has 0 bridgehead atoms. The Morgan fingerprint density at radius 1 is 0.551 bits per heavy atom. The number of aliphatic hydroxyl groups is 2. The molecule has 1 aliphatic rings. The topological polar surface area (TPSA) is 99.7 Å². The van der Waals surface area contributed by atoms with E-state index in [-0.39, 0.29) is 19.0 Å². The Morgan fingerprint density at radius 3 is 1.61 bits per heavy atom. The number of hydrogen-bond acceptors (Lipinski definition) is 9. The van der Waals surface area contributed by atoms with E-state index in [2.05, 4.69) is 122 Å². The fourth-order valence-electron chi connectivity index (χ4n) is 10.2. The van der Waals surface area contributed by atoms with Crippen LogP contribution in [0.25, 0.3) is 43.2 Å². The maximum Gasteiger partial charge on any atom is 0.185 e. The first-order valence-corrected chi connectivity index (χ1v) is 26.0. The molecule has 7 nitrogen and oxygen atoms in total. The van der Waals surface area contributed by atoms with Crippen molar-refractivity contribution in [3.05, 3.63) is 196 Å². The van der Waals surface area contributed by atoms with Crippen LogP contribution in [-0.2, 0) is 31.5 Å². The molecule has 348 valence electrons. The van der Waals surface area contributed by atoms with Gasteiger partial charge in [0.25, 0.3) is 0 Å². The van der Waals surface area contributed by atoms with E-state index in [1.165, 1.54) is 107 Å². The minimum atomic E-state index is -0.692. The molecular weight excluding hydrogens is 891 g/mol. The lowest BCUT2D eigenvalue weighted by atomic mass is 9.67. The first-order chi connectivity index (χ1) is 34.0. The molecule has 0 unspecified atom stereocenters. The Balaban J connectivity index is 1.19. The molecule has 1 aliphatic carbocycles. The second kappa shape index (κ2) is 20.6. The van der Waals surface area contributed by atoms with Crippen molar-refractivity contribution in [3.8, 4) is 32.2 Å². The molecule has 0 amide bonds. The molecule has 0 fully saturated rings. The molecule has 69 heavy (non-hydrogen) atoms. The lowest BCUT2D eigenvalue weighted by Gasteiger charge is -2.35.